The molecule has 2 aliphatic rings. The van der Waals surface area contributed by atoms with Crippen molar-refractivity contribution in [3.63, 3.8) is 0 Å². The van der Waals surface area contributed by atoms with E-state index in [-0.39, 0.29) is 11.9 Å². The molecule has 0 radical (unpaired) electrons. The van der Waals surface area contributed by atoms with Gasteiger partial charge in [0.15, 0.2) is 0 Å². The van der Waals surface area contributed by atoms with E-state index in [4.69, 9.17) is 5.73 Å². The van der Waals surface area contributed by atoms with Crippen LogP contribution in [0.15, 0.2) is 11.4 Å². The van der Waals surface area contributed by atoms with Gasteiger partial charge in [-0.05, 0) is 49.1 Å². The van der Waals surface area contributed by atoms with Gasteiger partial charge < -0.3 is 10.6 Å². The standard InChI is InChI=1S/C14H20N2OS/c1-2-11-10-5-9-18-12(10)4-8-16(11)13(17)14(15)6-3-7-14/h5,9,11H,2-4,6-8,15H2,1H3. The molecule has 1 aliphatic heterocycles. The molecule has 3 rings (SSSR count). The second-order valence-electron chi connectivity index (χ2n) is 5.48. The van der Waals surface area contributed by atoms with E-state index in [1.54, 1.807) is 0 Å². The average molecular weight is 264 g/mol. The van der Waals surface area contributed by atoms with Crippen molar-refractivity contribution < 1.29 is 4.79 Å². The van der Waals surface area contributed by atoms with Crippen LogP contribution in [0.2, 0.25) is 0 Å². The number of carbonyl (C=O) groups excluding carboxylic acids is 1. The van der Waals surface area contributed by atoms with Crippen molar-refractivity contribution >= 4 is 17.2 Å². The van der Waals surface area contributed by atoms with Crippen molar-refractivity contribution in [1.29, 1.82) is 0 Å². The maximum absolute atomic E-state index is 12.6. The van der Waals surface area contributed by atoms with Crippen LogP contribution in [-0.4, -0.2) is 22.9 Å². The van der Waals surface area contributed by atoms with E-state index in [1.165, 1.54) is 10.4 Å². The average Bonchev–Trinajstić information content (AvgIpc) is 2.81. The quantitative estimate of drug-likeness (QED) is 0.892. The molecular formula is C14H20N2OS. The van der Waals surface area contributed by atoms with Crippen LogP contribution in [-0.2, 0) is 11.2 Å². The Morgan fingerprint density at radius 2 is 2.39 bits per heavy atom. The van der Waals surface area contributed by atoms with Gasteiger partial charge in [0.05, 0.1) is 11.6 Å². The first-order valence-corrected chi connectivity index (χ1v) is 7.70. The number of thiophene rings is 1. The van der Waals surface area contributed by atoms with Crippen molar-refractivity contribution in [2.45, 2.75) is 50.6 Å². The molecule has 3 nitrogen and oxygen atoms in total. The van der Waals surface area contributed by atoms with Gasteiger partial charge in [0.25, 0.3) is 0 Å². The zero-order chi connectivity index (χ0) is 12.8. The summed E-state index contributed by atoms with van der Waals surface area (Å²) in [6.45, 7) is 2.99. The summed E-state index contributed by atoms with van der Waals surface area (Å²) in [6, 6.07) is 2.42. The number of nitrogens with zero attached hydrogens (tertiary/aromatic N) is 1. The highest BCUT2D eigenvalue weighted by Gasteiger charge is 2.45. The van der Waals surface area contributed by atoms with Crippen molar-refractivity contribution in [3.8, 4) is 0 Å². The number of fused-ring (bicyclic) bond motifs is 1. The SMILES string of the molecule is CCC1c2ccsc2CCN1C(=O)C1(N)CCC1. The van der Waals surface area contributed by atoms with Crippen molar-refractivity contribution in [1.82, 2.24) is 4.90 Å². The van der Waals surface area contributed by atoms with Crippen molar-refractivity contribution in [3.05, 3.63) is 21.9 Å². The van der Waals surface area contributed by atoms with Crippen LogP contribution in [0.25, 0.3) is 0 Å². The second kappa shape index (κ2) is 4.35. The Morgan fingerprint density at radius 1 is 1.61 bits per heavy atom. The third-order valence-electron chi connectivity index (χ3n) is 4.41. The first-order chi connectivity index (χ1) is 8.65. The minimum absolute atomic E-state index is 0.178. The fraction of sp³-hybridized carbons (Fsp3) is 0.643. The van der Waals surface area contributed by atoms with Gasteiger partial charge in [-0.1, -0.05) is 6.92 Å². The Kier molecular flexibility index (Phi) is 2.94. The number of hydrogen-bond acceptors (Lipinski definition) is 3. The first-order valence-electron chi connectivity index (χ1n) is 6.82. The Bertz CT molecular complexity index is 464. The molecule has 0 spiro atoms. The van der Waals surface area contributed by atoms with Gasteiger partial charge >= 0.3 is 0 Å². The molecule has 18 heavy (non-hydrogen) atoms. The van der Waals surface area contributed by atoms with Gasteiger partial charge in [-0.15, -0.1) is 11.3 Å². The summed E-state index contributed by atoms with van der Waals surface area (Å²) >= 11 is 1.82. The van der Waals surface area contributed by atoms with E-state index in [0.29, 0.717) is 0 Å². The van der Waals surface area contributed by atoms with Gasteiger partial charge in [0.1, 0.15) is 0 Å². The summed E-state index contributed by atoms with van der Waals surface area (Å²) in [4.78, 5) is 16.1. The number of amides is 1. The maximum atomic E-state index is 12.6. The van der Waals surface area contributed by atoms with Gasteiger partial charge in [0.2, 0.25) is 5.91 Å². The topological polar surface area (TPSA) is 46.3 Å². The molecule has 0 aromatic carbocycles. The summed E-state index contributed by atoms with van der Waals surface area (Å²) < 4.78 is 0. The third-order valence-corrected chi connectivity index (χ3v) is 5.41. The van der Waals surface area contributed by atoms with Crippen LogP contribution in [0.4, 0.5) is 0 Å². The highest BCUT2D eigenvalue weighted by atomic mass is 32.1. The lowest BCUT2D eigenvalue weighted by molar-refractivity contribution is -0.143. The van der Waals surface area contributed by atoms with E-state index >= 15 is 0 Å². The minimum atomic E-state index is -0.555. The van der Waals surface area contributed by atoms with E-state index in [9.17, 15) is 4.79 Å². The highest BCUT2D eigenvalue weighted by Crippen LogP contribution is 2.39. The van der Waals surface area contributed by atoms with Crippen LogP contribution in [0.1, 0.15) is 49.1 Å². The van der Waals surface area contributed by atoms with Crippen molar-refractivity contribution in [2.24, 2.45) is 5.73 Å². The Morgan fingerprint density at radius 3 is 3.00 bits per heavy atom. The molecular weight excluding hydrogens is 244 g/mol. The van der Waals surface area contributed by atoms with Crippen LogP contribution in [0.5, 0.6) is 0 Å². The zero-order valence-electron chi connectivity index (χ0n) is 10.8. The third kappa shape index (κ3) is 1.70. The predicted molar refractivity (Wildman–Crippen MR) is 73.5 cm³/mol. The smallest absolute Gasteiger partial charge is 0.243 e. The van der Waals surface area contributed by atoms with Gasteiger partial charge in [-0.3, -0.25) is 4.79 Å². The van der Waals surface area contributed by atoms with Gasteiger partial charge in [-0.2, -0.15) is 0 Å². The number of hydrogen-bond donors (Lipinski definition) is 1. The monoisotopic (exact) mass is 264 g/mol. The van der Waals surface area contributed by atoms with Crippen molar-refractivity contribution in [2.75, 3.05) is 6.54 Å². The molecule has 0 bridgehead atoms. The maximum Gasteiger partial charge on any atom is 0.243 e. The van der Waals surface area contributed by atoms with E-state index < -0.39 is 5.54 Å². The van der Waals surface area contributed by atoms with Crippen LogP contribution in [0, 0.1) is 0 Å². The molecule has 1 amide bonds. The molecule has 1 atom stereocenters. The lowest BCUT2D eigenvalue weighted by atomic mass is 9.76. The van der Waals surface area contributed by atoms with E-state index in [2.05, 4.69) is 18.4 Å². The number of nitrogens with two attached hydrogens (primary N) is 1. The van der Waals surface area contributed by atoms with Crippen LogP contribution in [0.3, 0.4) is 0 Å². The normalized spacial score (nSPS) is 25.4. The summed E-state index contributed by atoms with van der Waals surface area (Å²) in [5.74, 6) is 0.178. The molecule has 1 unspecified atom stereocenters. The molecule has 4 heteroatoms. The Balaban J connectivity index is 1.87. The number of carbonyl (C=O) groups is 1. The molecule has 1 fully saturated rings. The summed E-state index contributed by atoms with van der Waals surface area (Å²) in [5.41, 5.74) is 7.00. The molecule has 0 saturated heterocycles. The highest BCUT2D eigenvalue weighted by molar-refractivity contribution is 7.10. The van der Waals surface area contributed by atoms with E-state index in [0.717, 1.165) is 38.6 Å². The van der Waals surface area contributed by atoms with Gasteiger partial charge in [-0.25, -0.2) is 0 Å². The fourth-order valence-corrected chi connectivity index (χ4v) is 4.07. The summed E-state index contributed by atoms with van der Waals surface area (Å²) in [6.07, 6.45) is 4.78. The first kappa shape index (κ1) is 12.2. The molecule has 1 saturated carbocycles. The fourth-order valence-electron chi connectivity index (χ4n) is 3.14. The molecule has 1 aromatic heterocycles. The Labute approximate surface area is 112 Å². The molecule has 1 aliphatic carbocycles. The summed E-state index contributed by atoms with van der Waals surface area (Å²) in [7, 11) is 0. The summed E-state index contributed by atoms with van der Waals surface area (Å²) in [5, 5.41) is 2.14. The van der Waals surface area contributed by atoms with Crippen LogP contribution >= 0.6 is 11.3 Å². The van der Waals surface area contributed by atoms with Crippen LogP contribution < -0.4 is 5.73 Å². The molecule has 2 heterocycles. The molecule has 1 aromatic rings. The lowest BCUT2D eigenvalue weighted by Gasteiger charge is -2.44. The predicted octanol–water partition coefficient (Wildman–Crippen LogP) is 2.47. The minimum Gasteiger partial charge on any atom is -0.334 e. The largest absolute Gasteiger partial charge is 0.334 e. The number of rotatable bonds is 2. The second-order valence-corrected chi connectivity index (χ2v) is 6.48. The zero-order valence-corrected chi connectivity index (χ0v) is 11.6. The van der Waals surface area contributed by atoms with E-state index in [1.807, 2.05) is 16.2 Å². The lowest BCUT2D eigenvalue weighted by Crippen LogP contribution is -2.60. The van der Waals surface area contributed by atoms with Gasteiger partial charge in [0, 0.05) is 11.4 Å². The Hall–Kier alpha value is -0.870. The molecule has 2 N–H and O–H groups in total. The molecule has 98 valence electrons.